The zero-order valence-corrected chi connectivity index (χ0v) is 17.7. The van der Waals surface area contributed by atoms with Crippen LogP contribution in [0.4, 0.5) is 10.2 Å². The van der Waals surface area contributed by atoms with Crippen molar-refractivity contribution in [3.63, 3.8) is 0 Å². The Kier molecular flexibility index (Phi) is 4.16. The number of halogens is 1. The SMILES string of the molecule is Cc1ccnc(Oc2ccc(-n3c(C4[C@H]5CNC[C@@H]45)c(C)c4ncnc(N)c43)cc2F)n1. The highest BCUT2D eigenvalue weighted by Gasteiger charge is 2.55. The number of anilines is 1. The van der Waals surface area contributed by atoms with Gasteiger partial charge in [0.25, 0.3) is 0 Å². The summed E-state index contributed by atoms with van der Waals surface area (Å²) in [6.07, 6.45) is 3.06. The molecule has 8 nitrogen and oxygen atoms in total. The second kappa shape index (κ2) is 6.96. The normalized spacial score (nSPS) is 21.7. The van der Waals surface area contributed by atoms with E-state index in [2.05, 4.69) is 32.2 Å². The molecule has 0 bridgehead atoms. The van der Waals surface area contributed by atoms with Crippen LogP contribution in [0.2, 0.25) is 0 Å². The molecule has 162 valence electrons. The lowest BCUT2D eigenvalue weighted by Crippen LogP contribution is -2.15. The Bertz CT molecular complexity index is 1360. The van der Waals surface area contributed by atoms with Crippen LogP contribution in [0.5, 0.6) is 11.8 Å². The molecule has 1 unspecified atom stereocenters. The van der Waals surface area contributed by atoms with Crippen LogP contribution in [-0.4, -0.2) is 37.6 Å². The quantitative estimate of drug-likeness (QED) is 0.511. The lowest BCUT2D eigenvalue weighted by Gasteiger charge is -2.15. The first kappa shape index (κ1) is 19.1. The number of hydrogen-bond donors (Lipinski definition) is 2. The van der Waals surface area contributed by atoms with E-state index in [-0.39, 0.29) is 11.8 Å². The minimum absolute atomic E-state index is 0.0609. The Hall–Kier alpha value is -3.59. The van der Waals surface area contributed by atoms with Gasteiger partial charge in [0.2, 0.25) is 0 Å². The zero-order chi connectivity index (χ0) is 22.0. The van der Waals surface area contributed by atoms with Crippen LogP contribution in [0.25, 0.3) is 16.7 Å². The lowest BCUT2D eigenvalue weighted by molar-refractivity contribution is 0.410. The molecule has 3 aromatic heterocycles. The summed E-state index contributed by atoms with van der Waals surface area (Å²) in [5.74, 6) is 1.48. The second-order valence-corrected chi connectivity index (χ2v) is 8.51. The topological polar surface area (TPSA) is 104 Å². The highest BCUT2D eigenvalue weighted by Crippen LogP contribution is 2.58. The number of benzene rings is 1. The largest absolute Gasteiger partial charge is 0.421 e. The van der Waals surface area contributed by atoms with Crippen molar-refractivity contribution in [2.45, 2.75) is 19.8 Å². The van der Waals surface area contributed by atoms with Crippen molar-refractivity contribution < 1.29 is 9.13 Å². The number of fused-ring (bicyclic) bond motifs is 2. The van der Waals surface area contributed by atoms with E-state index >= 15 is 4.39 Å². The van der Waals surface area contributed by atoms with E-state index in [1.807, 2.05) is 17.6 Å². The first-order valence-electron chi connectivity index (χ1n) is 10.6. The molecule has 4 aromatic rings. The smallest absolute Gasteiger partial charge is 0.322 e. The van der Waals surface area contributed by atoms with Crippen molar-refractivity contribution >= 4 is 16.9 Å². The molecule has 1 saturated heterocycles. The number of hydrogen-bond acceptors (Lipinski definition) is 7. The summed E-state index contributed by atoms with van der Waals surface area (Å²) >= 11 is 0. The van der Waals surface area contributed by atoms with Gasteiger partial charge in [-0.1, -0.05) is 0 Å². The van der Waals surface area contributed by atoms with Gasteiger partial charge in [-0.2, -0.15) is 0 Å². The molecule has 1 saturated carbocycles. The molecule has 32 heavy (non-hydrogen) atoms. The van der Waals surface area contributed by atoms with Gasteiger partial charge in [0.15, 0.2) is 17.4 Å². The summed E-state index contributed by atoms with van der Waals surface area (Å²) < 4.78 is 22.8. The van der Waals surface area contributed by atoms with E-state index in [0.717, 1.165) is 35.6 Å². The Balaban J connectivity index is 1.47. The maximum atomic E-state index is 15.1. The Morgan fingerprint density at radius 1 is 1.12 bits per heavy atom. The van der Waals surface area contributed by atoms with Crippen molar-refractivity contribution in [1.29, 1.82) is 0 Å². The van der Waals surface area contributed by atoms with Crippen LogP contribution >= 0.6 is 0 Å². The van der Waals surface area contributed by atoms with E-state index in [4.69, 9.17) is 10.5 Å². The summed E-state index contributed by atoms with van der Waals surface area (Å²) in [7, 11) is 0. The van der Waals surface area contributed by atoms with Crippen LogP contribution in [0, 0.1) is 31.5 Å². The first-order chi connectivity index (χ1) is 15.5. The molecule has 0 radical (unpaired) electrons. The van der Waals surface area contributed by atoms with Gasteiger partial charge >= 0.3 is 6.01 Å². The molecule has 0 amide bonds. The number of ether oxygens (including phenoxy) is 1. The van der Waals surface area contributed by atoms with Crippen molar-refractivity contribution in [3.05, 3.63) is 59.6 Å². The lowest BCUT2D eigenvalue weighted by atomic mass is 10.1. The van der Waals surface area contributed by atoms with Crippen LogP contribution in [0.1, 0.15) is 22.9 Å². The number of nitrogens with one attached hydrogen (secondary N) is 1. The summed E-state index contributed by atoms with van der Waals surface area (Å²) in [6.45, 7) is 5.87. The van der Waals surface area contributed by atoms with Gasteiger partial charge in [-0.15, -0.1) is 0 Å². The third-order valence-electron chi connectivity index (χ3n) is 6.61. The number of aromatic nitrogens is 5. The van der Waals surface area contributed by atoms with E-state index in [0.29, 0.717) is 34.8 Å². The molecule has 2 fully saturated rings. The minimum atomic E-state index is -0.508. The molecule has 9 heteroatoms. The molecule has 1 aromatic carbocycles. The molecule has 1 aliphatic heterocycles. The van der Waals surface area contributed by atoms with Crippen molar-refractivity contribution in [1.82, 2.24) is 29.8 Å². The molecule has 6 rings (SSSR count). The van der Waals surface area contributed by atoms with Gasteiger partial charge in [-0.05, 0) is 62.5 Å². The number of nitrogens with two attached hydrogens (primary N) is 1. The van der Waals surface area contributed by atoms with E-state index in [1.165, 1.54) is 12.4 Å². The minimum Gasteiger partial charge on any atom is -0.421 e. The van der Waals surface area contributed by atoms with Gasteiger partial charge in [0.05, 0.1) is 5.52 Å². The maximum absolute atomic E-state index is 15.1. The molecular formula is C23H22FN7O. The predicted molar refractivity (Wildman–Crippen MR) is 117 cm³/mol. The highest BCUT2D eigenvalue weighted by molar-refractivity contribution is 5.91. The van der Waals surface area contributed by atoms with Crippen LogP contribution in [-0.2, 0) is 0 Å². The summed E-state index contributed by atoms with van der Waals surface area (Å²) in [4.78, 5) is 16.9. The third kappa shape index (κ3) is 2.85. The molecule has 0 spiro atoms. The number of aryl methyl sites for hydroxylation is 2. The Morgan fingerprint density at radius 3 is 2.69 bits per heavy atom. The van der Waals surface area contributed by atoms with E-state index in [9.17, 15) is 0 Å². The average molecular weight is 431 g/mol. The molecule has 3 N–H and O–H groups in total. The van der Waals surface area contributed by atoms with Crippen molar-refractivity contribution in [3.8, 4) is 17.4 Å². The van der Waals surface area contributed by atoms with Crippen molar-refractivity contribution in [2.24, 2.45) is 11.8 Å². The monoisotopic (exact) mass is 431 g/mol. The van der Waals surface area contributed by atoms with Gasteiger partial charge in [0.1, 0.15) is 11.8 Å². The van der Waals surface area contributed by atoms with Gasteiger partial charge in [-0.25, -0.2) is 24.3 Å². The Morgan fingerprint density at radius 2 is 1.94 bits per heavy atom. The molecule has 2 aliphatic rings. The highest BCUT2D eigenvalue weighted by atomic mass is 19.1. The second-order valence-electron chi connectivity index (χ2n) is 8.51. The molecule has 1 aliphatic carbocycles. The summed E-state index contributed by atoms with van der Waals surface area (Å²) in [5, 5.41) is 3.44. The predicted octanol–water partition coefficient (Wildman–Crippen LogP) is 3.27. The fourth-order valence-electron chi connectivity index (χ4n) is 5.07. The number of nitrogen functional groups attached to an aromatic ring is 1. The van der Waals surface area contributed by atoms with E-state index in [1.54, 1.807) is 18.3 Å². The Labute approximate surface area is 183 Å². The number of nitrogens with zero attached hydrogens (tertiary/aromatic N) is 5. The summed E-state index contributed by atoms with van der Waals surface area (Å²) in [5.41, 5.74) is 11.4. The average Bonchev–Trinajstić information content (AvgIpc) is 3.09. The molecular weight excluding hydrogens is 409 g/mol. The zero-order valence-electron chi connectivity index (χ0n) is 17.7. The first-order valence-corrected chi connectivity index (χ1v) is 10.6. The fourth-order valence-corrected chi connectivity index (χ4v) is 5.07. The van der Waals surface area contributed by atoms with Crippen molar-refractivity contribution in [2.75, 3.05) is 18.8 Å². The van der Waals surface area contributed by atoms with Crippen LogP contribution in [0.15, 0.2) is 36.8 Å². The molecule has 4 heterocycles. The van der Waals surface area contributed by atoms with Gasteiger partial charge in [-0.3, -0.25) is 0 Å². The number of rotatable bonds is 4. The van der Waals surface area contributed by atoms with E-state index < -0.39 is 5.82 Å². The van der Waals surface area contributed by atoms with Gasteiger partial charge in [0, 0.05) is 35.3 Å². The fraction of sp³-hybridized carbons (Fsp3) is 0.304. The van der Waals surface area contributed by atoms with Crippen LogP contribution in [0.3, 0.4) is 0 Å². The number of piperidine rings is 1. The summed E-state index contributed by atoms with van der Waals surface area (Å²) in [6, 6.07) is 6.73. The maximum Gasteiger partial charge on any atom is 0.322 e. The molecule has 3 atom stereocenters. The van der Waals surface area contributed by atoms with Crippen LogP contribution < -0.4 is 15.8 Å². The van der Waals surface area contributed by atoms with Gasteiger partial charge < -0.3 is 20.4 Å². The third-order valence-corrected chi connectivity index (χ3v) is 6.61. The standard InChI is InChI=1S/C23H22FN7O/c1-11-5-6-27-23(30-11)32-17-4-3-13(7-16(17)24)31-20(18-14-8-26-9-15(14)18)12(2)19-21(31)22(25)29-10-28-19/h3-7,10,14-15,18,26H,8-9H2,1-2H3,(H2,25,28,29)/t14-,15+,18?.